The Balaban J connectivity index is 2.02. The number of rotatable bonds is 5. The summed E-state index contributed by atoms with van der Waals surface area (Å²) in [7, 11) is 13.4. The third-order valence-electron chi connectivity index (χ3n) is 5.65. The van der Waals surface area contributed by atoms with Crippen LogP contribution in [-0.4, -0.2) is 0 Å². The predicted octanol–water partition coefficient (Wildman–Crippen LogP) is 8.74. The van der Waals surface area contributed by atoms with Gasteiger partial charge in [0.05, 0.1) is 0 Å². The van der Waals surface area contributed by atoms with Crippen molar-refractivity contribution in [1.29, 1.82) is 0 Å². The van der Waals surface area contributed by atoms with Gasteiger partial charge < -0.3 is 0 Å². The van der Waals surface area contributed by atoms with Gasteiger partial charge in [-0.3, -0.25) is 0 Å². The van der Waals surface area contributed by atoms with Gasteiger partial charge in [-0.25, -0.2) is 0 Å². The number of fused-ring (bicyclic) bond motifs is 1. The zero-order valence-electron chi connectivity index (χ0n) is 17.0. The summed E-state index contributed by atoms with van der Waals surface area (Å²) >= 11 is -2.53. The van der Waals surface area contributed by atoms with E-state index in [4.69, 9.17) is 17.0 Å². The van der Waals surface area contributed by atoms with Crippen LogP contribution in [0.2, 0.25) is 0 Å². The summed E-state index contributed by atoms with van der Waals surface area (Å²) in [5.41, 5.74) is 10.5. The van der Waals surface area contributed by atoms with E-state index in [1.165, 1.54) is 44.5 Å². The summed E-state index contributed by atoms with van der Waals surface area (Å²) in [5, 5.41) is 0. The molecule has 0 aromatic heterocycles. The molecule has 0 saturated heterocycles. The van der Waals surface area contributed by atoms with Crippen LogP contribution < -0.4 is 0 Å². The van der Waals surface area contributed by atoms with Crippen molar-refractivity contribution in [2.24, 2.45) is 5.92 Å². The van der Waals surface area contributed by atoms with Gasteiger partial charge in [0.25, 0.3) is 0 Å². The Morgan fingerprint density at radius 2 is 1.55 bits per heavy atom. The van der Waals surface area contributed by atoms with Crippen molar-refractivity contribution in [3.05, 3.63) is 89.0 Å². The second-order valence-corrected chi connectivity index (χ2v) is 17.0. The van der Waals surface area contributed by atoms with Crippen molar-refractivity contribution in [1.82, 2.24) is 0 Å². The number of hydrogen-bond donors (Lipinski definition) is 0. The first kappa shape index (κ1) is 21.1. The minimum atomic E-state index is -2.53. The zero-order valence-corrected chi connectivity index (χ0v) is 21.0. The van der Waals surface area contributed by atoms with Crippen LogP contribution in [0, 0.1) is 12.8 Å². The summed E-state index contributed by atoms with van der Waals surface area (Å²) in [6, 6.07) is 23.9. The fourth-order valence-electron chi connectivity index (χ4n) is 4.42. The zero-order chi connectivity index (χ0) is 20.5. The molecule has 0 fully saturated rings. The van der Waals surface area contributed by atoms with Gasteiger partial charge in [0.2, 0.25) is 0 Å². The first-order valence-electron chi connectivity index (χ1n) is 10.1. The van der Waals surface area contributed by atoms with Crippen LogP contribution in [0.1, 0.15) is 40.6 Å². The Hall–Kier alpha value is -1.14. The molecule has 4 rings (SSSR count). The number of benzene rings is 3. The van der Waals surface area contributed by atoms with Crippen molar-refractivity contribution in [3.63, 3.8) is 0 Å². The van der Waals surface area contributed by atoms with Crippen LogP contribution in [0.3, 0.4) is 0 Å². The van der Waals surface area contributed by atoms with E-state index in [1.54, 1.807) is 0 Å². The maximum absolute atomic E-state index is 6.70. The minimum absolute atomic E-state index is 0.255. The van der Waals surface area contributed by atoms with Gasteiger partial charge in [-0.15, -0.1) is 0 Å². The Morgan fingerprint density at radius 1 is 0.862 bits per heavy atom. The quantitative estimate of drug-likeness (QED) is 0.329. The van der Waals surface area contributed by atoms with Crippen molar-refractivity contribution in [2.75, 3.05) is 0 Å². The Morgan fingerprint density at radius 3 is 2.21 bits per heavy atom. The monoisotopic (exact) mass is 497 g/mol. The van der Waals surface area contributed by atoms with Crippen molar-refractivity contribution >= 4 is 23.1 Å². The Kier molecular flexibility index (Phi) is 6.50. The van der Waals surface area contributed by atoms with E-state index >= 15 is 0 Å². The molecule has 0 heterocycles. The van der Waals surface area contributed by atoms with E-state index in [1.807, 2.05) is 0 Å². The average molecular weight is 500 g/mol. The van der Waals surface area contributed by atoms with E-state index < -0.39 is 19.4 Å². The summed E-state index contributed by atoms with van der Waals surface area (Å²) in [6.45, 7) is 6.73. The normalized spacial score (nSPS) is 15.4. The average Bonchev–Trinajstić information content (AvgIpc) is 3.06. The van der Waals surface area contributed by atoms with Gasteiger partial charge >= 0.3 is 190 Å². The molecule has 147 valence electrons. The number of hydrogen-bond acceptors (Lipinski definition) is 0. The molecule has 3 aromatic carbocycles. The van der Waals surface area contributed by atoms with E-state index in [-0.39, 0.29) is 3.63 Å². The second kappa shape index (κ2) is 8.93. The molecule has 1 unspecified atom stereocenters. The predicted molar refractivity (Wildman–Crippen MR) is 124 cm³/mol. The van der Waals surface area contributed by atoms with Gasteiger partial charge in [0, 0.05) is 0 Å². The van der Waals surface area contributed by atoms with Crippen molar-refractivity contribution in [2.45, 2.75) is 30.8 Å². The molecule has 1 atom stereocenters. The third kappa shape index (κ3) is 4.20. The molecule has 29 heavy (non-hydrogen) atoms. The van der Waals surface area contributed by atoms with E-state index in [0.717, 1.165) is 6.42 Å². The molecule has 0 bridgehead atoms. The summed E-state index contributed by atoms with van der Waals surface area (Å²) in [6.07, 6.45) is 3.45. The summed E-state index contributed by atoms with van der Waals surface area (Å²) in [4.78, 5) is 0. The molecule has 0 radical (unpaired) electrons. The molecule has 1 aliphatic rings. The van der Waals surface area contributed by atoms with Crippen LogP contribution in [0.4, 0.5) is 0 Å². The molecule has 0 aliphatic heterocycles. The fraction of sp³-hybridized carbons (Fsp3) is 0.231. The van der Waals surface area contributed by atoms with Crippen LogP contribution in [0.15, 0.2) is 72.3 Å². The molecule has 0 amide bonds. The molecule has 3 heteroatoms. The Labute approximate surface area is 189 Å². The fourth-order valence-corrected chi connectivity index (χ4v) is 9.85. The maximum atomic E-state index is 6.70. The van der Waals surface area contributed by atoms with E-state index in [9.17, 15) is 0 Å². The molecule has 3 aromatic rings. The SMILES string of the molecule is Cc1ccccc1-c1c(-c2ccccc2)ccc2c1C=C(CC(C)C)[CH]2[Zr]([Cl])[Cl]. The summed E-state index contributed by atoms with van der Waals surface area (Å²) in [5.74, 6) is 0.588. The van der Waals surface area contributed by atoms with Gasteiger partial charge in [-0.05, 0) is 0 Å². The van der Waals surface area contributed by atoms with Crippen LogP contribution in [-0.2, 0) is 19.4 Å². The number of aryl methyl sites for hydroxylation is 1. The van der Waals surface area contributed by atoms with E-state index in [0.29, 0.717) is 5.92 Å². The molecule has 0 saturated carbocycles. The number of halogens is 2. The second-order valence-electron chi connectivity index (χ2n) is 8.21. The van der Waals surface area contributed by atoms with E-state index in [2.05, 4.69) is 93.6 Å². The third-order valence-corrected chi connectivity index (χ3v) is 11.0. The Bertz CT molecular complexity index is 1050. The van der Waals surface area contributed by atoms with Gasteiger partial charge in [-0.1, -0.05) is 0 Å². The van der Waals surface area contributed by atoms with Crippen LogP contribution in [0.25, 0.3) is 28.3 Å². The summed E-state index contributed by atoms with van der Waals surface area (Å²) < 4.78 is 0.255. The first-order valence-corrected chi connectivity index (χ1v) is 17.9. The van der Waals surface area contributed by atoms with Crippen LogP contribution >= 0.6 is 17.0 Å². The molecule has 1 aliphatic carbocycles. The molecule has 0 spiro atoms. The first-order chi connectivity index (χ1) is 14.0. The van der Waals surface area contributed by atoms with Crippen molar-refractivity contribution < 1.29 is 19.4 Å². The molecule has 0 N–H and O–H groups in total. The standard InChI is InChI=1S/C26H25.2ClH.Zr/c1-18(2)15-20-16-22-13-14-24(21-10-5-4-6-11-21)26(25(22)17-20)23-12-8-7-9-19(23)3;;;/h4-14,16-18H,15H2,1-3H3;2*1H;/q;;;+2/p-2. The molecule has 0 nitrogen and oxygen atoms in total. The van der Waals surface area contributed by atoms with Crippen LogP contribution in [0.5, 0.6) is 0 Å². The number of allylic oxidation sites excluding steroid dienone is 1. The molecular formula is C26H25Cl2Zr. The van der Waals surface area contributed by atoms with Crippen molar-refractivity contribution in [3.8, 4) is 22.3 Å². The topological polar surface area (TPSA) is 0 Å². The van der Waals surface area contributed by atoms with Gasteiger partial charge in [0.15, 0.2) is 0 Å². The molecular weight excluding hydrogens is 474 g/mol. The van der Waals surface area contributed by atoms with Gasteiger partial charge in [-0.2, -0.15) is 0 Å². The van der Waals surface area contributed by atoms with Gasteiger partial charge in [0.1, 0.15) is 0 Å².